The summed E-state index contributed by atoms with van der Waals surface area (Å²) in [5.74, 6) is -1.43. The molecule has 28 heavy (non-hydrogen) atoms. The van der Waals surface area contributed by atoms with E-state index in [-0.39, 0.29) is 12.2 Å². The third kappa shape index (κ3) is 4.70. The van der Waals surface area contributed by atoms with Crippen molar-refractivity contribution in [1.29, 1.82) is 0 Å². The SMILES string of the molecule is CCOC(=O)NC(=O)COC(=O)c1ccc(Cn2nnc3ccccc32)cc1. The van der Waals surface area contributed by atoms with E-state index in [4.69, 9.17) is 4.74 Å². The quantitative estimate of drug-likeness (QED) is 0.648. The third-order valence-corrected chi connectivity index (χ3v) is 3.79. The Morgan fingerprint density at radius 3 is 2.54 bits per heavy atom. The van der Waals surface area contributed by atoms with Gasteiger partial charge in [0.2, 0.25) is 0 Å². The van der Waals surface area contributed by atoms with Crippen LogP contribution >= 0.6 is 0 Å². The van der Waals surface area contributed by atoms with Gasteiger partial charge in [0.05, 0.1) is 24.2 Å². The molecular weight excluding hydrogens is 364 g/mol. The molecule has 0 aliphatic carbocycles. The van der Waals surface area contributed by atoms with E-state index in [0.717, 1.165) is 16.6 Å². The Bertz CT molecular complexity index is 997. The molecular formula is C19H18N4O5. The molecule has 3 rings (SSSR count). The van der Waals surface area contributed by atoms with Gasteiger partial charge in [0, 0.05) is 0 Å². The predicted octanol–water partition coefficient (Wildman–Crippen LogP) is 1.91. The van der Waals surface area contributed by atoms with Crippen molar-refractivity contribution in [2.75, 3.05) is 13.2 Å². The Morgan fingerprint density at radius 1 is 1.04 bits per heavy atom. The summed E-state index contributed by atoms with van der Waals surface area (Å²) in [4.78, 5) is 34.6. The maximum atomic E-state index is 12.0. The first-order valence-corrected chi connectivity index (χ1v) is 8.57. The van der Waals surface area contributed by atoms with Crippen molar-refractivity contribution >= 4 is 29.0 Å². The second-order valence-electron chi connectivity index (χ2n) is 5.78. The predicted molar refractivity (Wildman–Crippen MR) is 98.5 cm³/mol. The fraction of sp³-hybridized carbons (Fsp3) is 0.211. The molecule has 0 saturated carbocycles. The number of amides is 2. The maximum Gasteiger partial charge on any atom is 0.413 e. The van der Waals surface area contributed by atoms with Crippen LogP contribution in [0, 0.1) is 0 Å². The number of aromatic nitrogens is 3. The van der Waals surface area contributed by atoms with Crippen molar-refractivity contribution in [2.24, 2.45) is 0 Å². The molecule has 0 spiro atoms. The summed E-state index contributed by atoms with van der Waals surface area (Å²) < 4.78 is 11.2. The Hall–Kier alpha value is -3.75. The largest absolute Gasteiger partial charge is 0.452 e. The number of carbonyl (C=O) groups is 3. The highest BCUT2D eigenvalue weighted by atomic mass is 16.6. The molecule has 144 valence electrons. The number of rotatable bonds is 6. The van der Waals surface area contributed by atoms with Crippen molar-refractivity contribution < 1.29 is 23.9 Å². The number of para-hydroxylation sites is 1. The second-order valence-corrected chi connectivity index (χ2v) is 5.78. The van der Waals surface area contributed by atoms with Gasteiger partial charge < -0.3 is 9.47 Å². The lowest BCUT2D eigenvalue weighted by atomic mass is 10.1. The molecule has 1 aromatic heterocycles. The number of hydrogen-bond donors (Lipinski definition) is 1. The third-order valence-electron chi connectivity index (χ3n) is 3.79. The van der Waals surface area contributed by atoms with Crippen LogP contribution in [0.4, 0.5) is 4.79 Å². The first-order valence-electron chi connectivity index (χ1n) is 8.57. The van der Waals surface area contributed by atoms with Gasteiger partial charge in [-0.15, -0.1) is 5.10 Å². The van der Waals surface area contributed by atoms with Crippen molar-refractivity contribution in [2.45, 2.75) is 13.5 Å². The number of alkyl carbamates (subject to hydrolysis) is 1. The molecule has 0 bridgehead atoms. The van der Waals surface area contributed by atoms with Gasteiger partial charge in [0.1, 0.15) is 5.52 Å². The number of esters is 1. The van der Waals surface area contributed by atoms with Crippen molar-refractivity contribution in [1.82, 2.24) is 20.3 Å². The fourth-order valence-electron chi connectivity index (χ4n) is 2.48. The minimum absolute atomic E-state index is 0.135. The van der Waals surface area contributed by atoms with Crippen LogP contribution in [0.25, 0.3) is 11.0 Å². The molecule has 1 heterocycles. The van der Waals surface area contributed by atoms with E-state index >= 15 is 0 Å². The van der Waals surface area contributed by atoms with Gasteiger partial charge in [-0.3, -0.25) is 10.1 Å². The Morgan fingerprint density at radius 2 is 1.79 bits per heavy atom. The summed E-state index contributed by atoms with van der Waals surface area (Å²) in [5.41, 5.74) is 2.94. The van der Waals surface area contributed by atoms with Crippen molar-refractivity contribution in [3.8, 4) is 0 Å². The molecule has 0 atom stereocenters. The number of nitrogens with one attached hydrogen (secondary N) is 1. The van der Waals surface area contributed by atoms with E-state index in [0.29, 0.717) is 6.54 Å². The van der Waals surface area contributed by atoms with Gasteiger partial charge in [0.25, 0.3) is 5.91 Å². The Balaban J connectivity index is 1.55. The van der Waals surface area contributed by atoms with Crippen LogP contribution in [0.15, 0.2) is 48.5 Å². The fourth-order valence-corrected chi connectivity index (χ4v) is 2.48. The molecule has 9 nitrogen and oxygen atoms in total. The normalized spacial score (nSPS) is 10.5. The van der Waals surface area contributed by atoms with Gasteiger partial charge in [0.15, 0.2) is 6.61 Å². The summed E-state index contributed by atoms with van der Waals surface area (Å²) in [5, 5.41) is 10.2. The number of nitrogens with zero attached hydrogens (tertiary/aromatic N) is 3. The summed E-state index contributed by atoms with van der Waals surface area (Å²) >= 11 is 0. The first kappa shape index (κ1) is 19.0. The zero-order valence-corrected chi connectivity index (χ0v) is 15.1. The molecule has 0 fully saturated rings. The van der Waals surface area contributed by atoms with Crippen molar-refractivity contribution in [3.63, 3.8) is 0 Å². The Labute approximate surface area is 160 Å². The van der Waals surface area contributed by atoms with Gasteiger partial charge in [-0.05, 0) is 36.8 Å². The lowest BCUT2D eigenvalue weighted by Crippen LogP contribution is -2.34. The standard InChI is InChI=1S/C19H18N4O5/c1-2-27-19(26)20-17(24)12-28-18(25)14-9-7-13(8-10-14)11-23-16-6-4-3-5-15(16)21-22-23/h3-10H,2,11-12H2,1H3,(H,20,24,26). The topological polar surface area (TPSA) is 112 Å². The van der Waals surface area contributed by atoms with E-state index in [1.165, 1.54) is 0 Å². The summed E-state index contributed by atoms with van der Waals surface area (Å²) in [6.45, 7) is 1.66. The summed E-state index contributed by atoms with van der Waals surface area (Å²) in [6.07, 6.45) is -0.881. The molecule has 0 radical (unpaired) electrons. The highest BCUT2D eigenvalue weighted by Crippen LogP contribution is 2.13. The van der Waals surface area contributed by atoms with Crippen LogP contribution in [-0.2, 0) is 20.8 Å². The van der Waals surface area contributed by atoms with Crippen LogP contribution in [0.1, 0.15) is 22.8 Å². The van der Waals surface area contributed by atoms with Gasteiger partial charge in [-0.1, -0.05) is 29.5 Å². The molecule has 0 aliphatic rings. The second kappa shape index (κ2) is 8.76. The smallest absolute Gasteiger partial charge is 0.413 e. The van der Waals surface area contributed by atoms with E-state index in [9.17, 15) is 14.4 Å². The molecule has 9 heteroatoms. The van der Waals surface area contributed by atoms with E-state index in [2.05, 4.69) is 15.0 Å². The molecule has 2 amide bonds. The summed E-state index contributed by atoms with van der Waals surface area (Å²) in [7, 11) is 0. The molecule has 2 aromatic carbocycles. The number of imide groups is 1. The molecule has 3 aromatic rings. The molecule has 1 N–H and O–H groups in total. The minimum atomic E-state index is -0.881. The van der Waals surface area contributed by atoms with Crippen LogP contribution < -0.4 is 5.32 Å². The van der Waals surface area contributed by atoms with E-state index in [1.54, 1.807) is 35.9 Å². The van der Waals surface area contributed by atoms with Gasteiger partial charge >= 0.3 is 12.1 Å². The lowest BCUT2D eigenvalue weighted by molar-refractivity contribution is -0.123. The zero-order chi connectivity index (χ0) is 19.9. The van der Waals surface area contributed by atoms with Crippen LogP contribution in [0.3, 0.4) is 0 Å². The highest BCUT2D eigenvalue weighted by Gasteiger charge is 2.13. The molecule has 0 aliphatic heterocycles. The average molecular weight is 382 g/mol. The van der Waals surface area contributed by atoms with Crippen molar-refractivity contribution in [3.05, 3.63) is 59.7 Å². The van der Waals surface area contributed by atoms with E-state index in [1.807, 2.05) is 29.6 Å². The van der Waals surface area contributed by atoms with Gasteiger partial charge in [-0.2, -0.15) is 0 Å². The van der Waals surface area contributed by atoms with Crippen LogP contribution in [-0.4, -0.2) is 46.2 Å². The minimum Gasteiger partial charge on any atom is -0.452 e. The number of fused-ring (bicyclic) bond motifs is 1. The number of carbonyl (C=O) groups excluding carboxylic acids is 3. The number of ether oxygens (including phenoxy) is 2. The Kier molecular flexibility index (Phi) is 5.95. The van der Waals surface area contributed by atoms with Crippen LogP contribution in [0.2, 0.25) is 0 Å². The monoisotopic (exact) mass is 382 g/mol. The summed E-state index contributed by atoms with van der Waals surface area (Å²) in [6, 6.07) is 14.4. The highest BCUT2D eigenvalue weighted by molar-refractivity contribution is 5.95. The molecule has 0 saturated heterocycles. The average Bonchev–Trinajstić information content (AvgIpc) is 3.10. The van der Waals surface area contributed by atoms with Gasteiger partial charge in [-0.25, -0.2) is 14.3 Å². The number of benzene rings is 2. The lowest BCUT2D eigenvalue weighted by Gasteiger charge is -2.07. The van der Waals surface area contributed by atoms with E-state index < -0.39 is 24.6 Å². The zero-order valence-electron chi connectivity index (χ0n) is 15.1. The van der Waals surface area contributed by atoms with Crippen LogP contribution in [0.5, 0.6) is 0 Å². The first-order chi connectivity index (χ1) is 13.6. The molecule has 0 unspecified atom stereocenters. The number of hydrogen-bond acceptors (Lipinski definition) is 7. The maximum absolute atomic E-state index is 12.0.